The van der Waals surface area contributed by atoms with E-state index in [1.165, 1.54) is 19.8 Å². The molecule has 0 saturated carbocycles. The van der Waals surface area contributed by atoms with Gasteiger partial charge in [-0.25, -0.2) is 0 Å². The number of aliphatic hydroxyl groups is 7. The van der Waals surface area contributed by atoms with E-state index in [4.69, 9.17) is 24.1 Å². The van der Waals surface area contributed by atoms with Crippen LogP contribution in [0.15, 0.2) is 48.5 Å². The first-order valence-corrected chi connectivity index (χ1v) is 31.6. The summed E-state index contributed by atoms with van der Waals surface area (Å²) in [4.78, 5) is 0. The molecule has 370 valence electrons. The van der Waals surface area contributed by atoms with Crippen molar-refractivity contribution < 1.29 is 65.6 Å². The summed E-state index contributed by atoms with van der Waals surface area (Å²) in [6.07, 6.45) is -9.06. The molecule has 10 unspecified atom stereocenters. The smallest absolute Gasteiger partial charge is 0.190 e. The highest BCUT2D eigenvalue weighted by Gasteiger charge is 2.56. The lowest BCUT2D eigenvalue weighted by molar-refractivity contribution is -0.225. The molecule has 3 aliphatic rings. The van der Waals surface area contributed by atoms with Crippen molar-refractivity contribution in [3.63, 3.8) is 0 Å². The van der Waals surface area contributed by atoms with Crippen LogP contribution in [0.4, 0.5) is 0 Å². The maximum atomic E-state index is 10.6. The number of halogens is 12. The zero-order valence-corrected chi connectivity index (χ0v) is 60.2. The molecule has 7 rings (SSSR count). The van der Waals surface area contributed by atoms with Crippen LogP contribution in [0.1, 0.15) is 36.1 Å². The molecule has 0 radical (unpaired) electrons. The lowest BCUT2D eigenvalue weighted by Gasteiger charge is -2.26. The Labute approximate surface area is 547 Å². The van der Waals surface area contributed by atoms with Gasteiger partial charge < -0.3 is 65.6 Å². The second kappa shape index (κ2) is 30.9. The molecule has 0 aliphatic carbocycles. The summed E-state index contributed by atoms with van der Waals surface area (Å²) in [5, 5.41) is 68.8. The quantitative estimate of drug-likeness (QED) is 0.0864. The third-order valence-electron chi connectivity index (χ3n) is 9.63. The van der Waals surface area contributed by atoms with Crippen molar-refractivity contribution in [1.82, 2.24) is 0 Å². The fraction of sp³-hybridized carbons (Fsp3) is 0.415. The standard InChI is InChI=1S/C15H17I3O5.C12H13I3O5.C7H5I3O.C7H5I3.2H2O/c1-15(2)22-13-11(20)12(21-14(13)23-15)10(19)5-7-8(17)3-6(16)4-9(7)18;13-4-1-6(14)5(7(15)2-4)3-8(16)11-9(17)10(18)12(19)20-11;8-4-1-6(9)5(3-11)7(10)2-4;1-4-6(9)2-5(8)3-7(4)10;;/h3-4,10-14,19-20H,5H2,1-2H3;1-2,8-12,16-19H,3H2;1-2,11H,3H2;2-3H,1H3;2*1H2. The molecule has 4 aromatic carbocycles. The van der Waals surface area contributed by atoms with Crippen LogP contribution in [0.3, 0.4) is 0 Å². The average Bonchev–Trinajstić information content (AvgIpc) is 3.75. The van der Waals surface area contributed by atoms with Crippen molar-refractivity contribution in [3.8, 4) is 0 Å². The molecular formula is C41H44I12O13. The monoisotopic (exact) mass is 2270 g/mol. The summed E-state index contributed by atoms with van der Waals surface area (Å²) in [5.41, 5.74) is 4.45. The van der Waals surface area contributed by atoms with Gasteiger partial charge in [0.15, 0.2) is 18.4 Å². The number of benzene rings is 4. The highest BCUT2D eigenvalue weighted by molar-refractivity contribution is 14.1. The Morgan fingerprint density at radius 2 is 0.833 bits per heavy atom. The minimum absolute atomic E-state index is 0. The van der Waals surface area contributed by atoms with Crippen LogP contribution in [0.5, 0.6) is 0 Å². The summed E-state index contributed by atoms with van der Waals surface area (Å²) in [6, 6.07) is 16.7. The van der Waals surface area contributed by atoms with Gasteiger partial charge in [0.25, 0.3) is 0 Å². The molecule has 0 amide bonds. The van der Waals surface area contributed by atoms with Gasteiger partial charge in [-0.15, -0.1) is 0 Å². The molecule has 25 heteroatoms. The predicted octanol–water partition coefficient (Wildman–Crippen LogP) is 8.64. The van der Waals surface area contributed by atoms with E-state index in [0.717, 1.165) is 45.3 Å². The Bertz CT molecular complexity index is 2150. The van der Waals surface area contributed by atoms with Crippen molar-refractivity contribution in [2.24, 2.45) is 0 Å². The molecule has 11 N–H and O–H groups in total. The Kier molecular flexibility index (Phi) is 31.5. The Balaban J connectivity index is 0.000000316. The van der Waals surface area contributed by atoms with E-state index in [-0.39, 0.29) is 24.0 Å². The van der Waals surface area contributed by atoms with Crippen LogP contribution in [-0.4, -0.2) is 114 Å². The lowest BCUT2D eigenvalue weighted by atomic mass is 9.99. The summed E-state index contributed by atoms with van der Waals surface area (Å²) >= 11 is 27.3. The molecule has 3 heterocycles. The van der Waals surface area contributed by atoms with Crippen LogP contribution < -0.4 is 0 Å². The van der Waals surface area contributed by atoms with Gasteiger partial charge >= 0.3 is 0 Å². The normalized spacial score (nSPS) is 24.5. The van der Waals surface area contributed by atoms with Gasteiger partial charge in [-0.2, -0.15) is 0 Å². The molecule has 0 aromatic heterocycles. The van der Waals surface area contributed by atoms with E-state index in [9.17, 15) is 30.6 Å². The molecule has 66 heavy (non-hydrogen) atoms. The van der Waals surface area contributed by atoms with Crippen molar-refractivity contribution in [3.05, 3.63) is 114 Å². The van der Waals surface area contributed by atoms with Crippen LogP contribution in [0.25, 0.3) is 0 Å². The number of hydrogen-bond acceptors (Lipinski definition) is 11. The van der Waals surface area contributed by atoms with Gasteiger partial charge in [0, 0.05) is 61.2 Å². The van der Waals surface area contributed by atoms with Crippen LogP contribution >= 0.6 is 271 Å². The van der Waals surface area contributed by atoms with Gasteiger partial charge in [-0.3, -0.25) is 0 Å². The second-order valence-corrected chi connectivity index (χ2v) is 29.1. The first kappa shape index (κ1) is 67.2. The molecule has 3 aliphatic heterocycles. The maximum Gasteiger partial charge on any atom is 0.190 e. The summed E-state index contributed by atoms with van der Waals surface area (Å²) in [5.74, 6) is -0.771. The molecule has 3 saturated heterocycles. The van der Waals surface area contributed by atoms with Crippen LogP contribution in [0.2, 0.25) is 0 Å². The molecule has 4 aromatic rings. The highest BCUT2D eigenvalue weighted by atomic mass is 127. The van der Waals surface area contributed by atoms with E-state index in [1.807, 2.05) is 12.1 Å². The number of hydrogen-bond donors (Lipinski definition) is 7. The number of fused-ring (bicyclic) bond motifs is 1. The van der Waals surface area contributed by atoms with Crippen molar-refractivity contribution in [1.29, 1.82) is 0 Å². The van der Waals surface area contributed by atoms with E-state index in [2.05, 4.69) is 314 Å². The topological polar surface area (TPSA) is 242 Å². The molecule has 13 nitrogen and oxygen atoms in total. The first-order chi connectivity index (χ1) is 29.7. The van der Waals surface area contributed by atoms with Crippen LogP contribution in [-0.2, 0) is 38.4 Å². The molecule has 10 atom stereocenters. The lowest BCUT2D eigenvalue weighted by Crippen LogP contribution is -2.41. The van der Waals surface area contributed by atoms with Gasteiger partial charge in [-0.1, -0.05) is 0 Å². The molecule has 3 fully saturated rings. The number of rotatable bonds is 7. The summed E-state index contributed by atoms with van der Waals surface area (Å²) in [7, 11) is 0. The molecular weight excluding hydrogens is 2220 g/mol. The zero-order chi connectivity index (χ0) is 48.1. The summed E-state index contributed by atoms with van der Waals surface area (Å²) < 4.78 is 36.0. The number of ether oxygens (including phenoxy) is 4. The van der Waals surface area contributed by atoms with E-state index in [1.54, 1.807) is 13.8 Å². The van der Waals surface area contributed by atoms with Crippen molar-refractivity contribution in [2.45, 2.75) is 107 Å². The highest BCUT2D eigenvalue weighted by Crippen LogP contribution is 2.39. The second-order valence-electron chi connectivity index (χ2n) is 14.8. The van der Waals surface area contributed by atoms with Gasteiger partial charge in [-0.05, 0) is 357 Å². The Morgan fingerprint density at radius 1 is 0.500 bits per heavy atom. The predicted molar refractivity (Wildman–Crippen MR) is 353 cm³/mol. The SMILES string of the molecule is CC1(C)OC2OC(C(O)Cc3c(I)cc(I)cc3I)C(O)C2O1.Cc1c(I)cc(I)cc1I.O.O.OC(Cc1c(I)cc(I)cc1I)C1OC(O)C(O)C1O.OCc1c(I)cc(I)cc1I. The van der Waals surface area contributed by atoms with Crippen LogP contribution in [0, 0.1) is 49.8 Å². The van der Waals surface area contributed by atoms with Gasteiger partial charge in [0.1, 0.15) is 36.6 Å². The van der Waals surface area contributed by atoms with Gasteiger partial charge in [0.05, 0.1) is 18.8 Å². The summed E-state index contributed by atoms with van der Waals surface area (Å²) in [6.45, 7) is 5.85. The average molecular weight is 2270 g/mol. The van der Waals surface area contributed by atoms with E-state index >= 15 is 0 Å². The minimum atomic E-state index is -1.46. The fourth-order valence-electron chi connectivity index (χ4n) is 6.36. The Hall–Kier alpha value is 5.12. The third kappa shape index (κ3) is 19.2. The van der Waals surface area contributed by atoms with Crippen molar-refractivity contribution in [2.75, 3.05) is 0 Å². The molecule has 0 bridgehead atoms. The Morgan fingerprint density at radius 3 is 1.15 bits per heavy atom. The minimum Gasteiger partial charge on any atom is -0.412 e. The fourth-order valence-corrected chi connectivity index (χ4v) is 21.9. The number of aliphatic hydroxyl groups excluding tert-OH is 7. The largest absolute Gasteiger partial charge is 0.412 e. The third-order valence-corrected chi connectivity index (χ3v) is 20.1. The van der Waals surface area contributed by atoms with Gasteiger partial charge in [0.2, 0.25) is 0 Å². The maximum absolute atomic E-state index is 10.6. The van der Waals surface area contributed by atoms with E-state index < -0.39 is 67.2 Å². The first-order valence-electron chi connectivity index (χ1n) is 18.6. The zero-order valence-electron chi connectivity index (χ0n) is 34.3. The van der Waals surface area contributed by atoms with E-state index in [0.29, 0.717) is 6.42 Å². The molecule has 0 spiro atoms. The van der Waals surface area contributed by atoms with Crippen molar-refractivity contribution >= 4 is 271 Å².